The van der Waals surface area contributed by atoms with Crippen molar-refractivity contribution in [3.8, 4) is 11.6 Å². The molecule has 0 radical (unpaired) electrons. The molecule has 0 saturated carbocycles. The van der Waals surface area contributed by atoms with Gasteiger partial charge in [-0.25, -0.2) is 0 Å². The Morgan fingerprint density at radius 1 is 1.38 bits per heavy atom. The third-order valence-electron chi connectivity index (χ3n) is 2.18. The van der Waals surface area contributed by atoms with Crippen molar-refractivity contribution in [1.82, 2.24) is 15.1 Å². The lowest BCUT2D eigenvalue weighted by molar-refractivity contribution is 0.379. The van der Waals surface area contributed by atoms with Crippen molar-refractivity contribution in [3.63, 3.8) is 0 Å². The molecule has 0 unspecified atom stereocenters. The van der Waals surface area contributed by atoms with Crippen LogP contribution in [0.1, 0.15) is 5.89 Å². The monoisotopic (exact) mass is 216 g/mol. The van der Waals surface area contributed by atoms with Gasteiger partial charge in [0.15, 0.2) is 5.76 Å². The van der Waals surface area contributed by atoms with E-state index in [1.807, 2.05) is 6.07 Å². The third kappa shape index (κ3) is 1.36. The fourth-order valence-corrected chi connectivity index (χ4v) is 1.43. The standard InChI is InChI=1S/C10H8N4O2/c11-4-9-13-10(14-16-9)8-3-6-5-12-2-1-7(6)15-8/h1-3,5H,4,11H2. The molecule has 0 aliphatic carbocycles. The topological polar surface area (TPSA) is 91.0 Å². The highest BCUT2D eigenvalue weighted by Crippen LogP contribution is 2.24. The van der Waals surface area contributed by atoms with Crippen LogP contribution in [0.25, 0.3) is 22.6 Å². The summed E-state index contributed by atoms with van der Waals surface area (Å²) < 4.78 is 10.4. The van der Waals surface area contributed by atoms with Crippen LogP contribution in [0.15, 0.2) is 33.5 Å². The molecule has 16 heavy (non-hydrogen) atoms. The highest BCUT2D eigenvalue weighted by atomic mass is 16.5. The summed E-state index contributed by atoms with van der Waals surface area (Å²) in [6.45, 7) is 0.217. The van der Waals surface area contributed by atoms with Gasteiger partial charge in [0, 0.05) is 17.8 Å². The number of fused-ring (bicyclic) bond motifs is 1. The maximum atomic E-state index is 5.55. The number of nitrogens with zero attached hydrogens (tertiary/aromatic N) is 3. The van der Waals surface area contributed by atoms with Crippen molar-refractivity contribution in [3.05, 3.63) is 30.4 Å². The van der Waals surface area contributed by atoms with Crippen molar-refractivity contribution in [1.29, 1.82) is 0 Å². The van der Waals surface area contributed by atoms with E-state index >= 15 is 0 Å². The Labute approximate surface area is 90.1 Å². The fourth-order valence-electron chi connectivity index (χ4n) is 1.43. The van der Waals surface area contributed by atoms with Crippen LogP contribution in [-0.2, 0) is 6.54 Å². The molecule has 3 rings (SSSR count). The first-order chi connectivity index (χ1) is 7.86. The molecular weight excluding hydrogens is 208 g/mol. The summed E-state index contributed by atoms with van der Waals surface area (Å²) in [6.07, 6.45) is 3.38. The molecule has 0 aromatic carbocycles. The molecule has 6 heteroatoms. The summed E-state index contributed by atoms with van der Waals surface area (Å²) in [5, 5.41) is 4.67. The molecule has 0 aliphatic rings. The van der Waals surface area contributed by atoms with E-state index in [1.54, 1.807) is 18.5 Å². The molecule has 2 N–H and O–H groups in total. The predicted molar refractivity (Wildman–Crippen MR) is 55.2 cm³/mol. The number of pyridine rings is 1. The normalized spacial score (nSPS) is 11.1. The number of furan rings is 1. The summed E-state index contributed by atoms with van der Waals surface area (Å²) in [6, 6.07) is 3.59. The van der Waals surface area contributed by atoms with Crippen molar-refractivity contribution in [2.24, 2.45) is 5.73 Å². The number of hydrogen-bond acceptors (Lipinski definition) is 6. The lowest BCUT2D eigenvalue weighted by Gasteiger charge is -1.84. The van der Waals surface area contributed by atoms with Gasteiger partial charge in [0.2, 0.25) is 11.7 Å². The Hall–Kier alpha value is -2.21. The van der Waals surface area contributed by atoms with E-state index in [2.05, 4.69) is 15.1 Å². The molecule has 0 amide bonds. The third-order valence-corrected chi connectivity index (χ3v) is 2.18. The Morgan fingerprint density at radius 3 is 3.06 bits per heavy atom. The minimum atomic E-state index is 0.217. The Kier molecular flexibility index (Phi) is 1.94. The second-order valence-corrected chi connectivity index (χ2v) is 3.24. The van der Waals surface area contributed by atoms with E-state index in [1.165, 1.54) is 0 Å². The molecule has 0 atom stereocenters. The van der Waals surface area contributed by atoms with Gasteiger partial charge in [-0.3, -0.25) is 4.98 Å². The zero-order valence-electron chi connectivity index (χ0n) is 8.25. The zero-order chi connectivity index (χ0) is 11.0. The van der Waals surface area contributed by atoms with E-state index in [0.29, 0.717) is 17.5 Å². The number of nitrogens with two attached hydrogens (primary N) is 1. The van der Waals surface area contributed by atoms with Crippen LogP contribution in [0.3, 0.4) is 0 Å². The SMILES string of the molecule is NCc1nc(-c2cc3cnccc3o2)no1. The molecule has 3 heterocycles. The maximum absolute atomic E-state index is 5.55. The van der Waals surface area contributed by atoms with Crippen LogP contribution in [0, 0.1) is 0 Å². The molecule has 3 aromatic rings. The lowest BCUT2D eigenvalue weighted by atomic mass is 10.3. The summed E-state index contributed by atoms with van der Waals surface area (Å²) in [5.41, 5.74) is 6.12. The summed E-state index contributed by atoms with van der Waals surface area (Å²) in [7, 11) is 0. The summed E-state index contributed by atoms with van der Waals surface area (Å²) in [4.78, 5) is 8.07. The van der Waals surface area contributed by atoms with Crippen molar-refractivity contribution < 1.29 is 8.94 Å². The maximum Gasteiger partial charge on any atom is 0.240 e. The molecule has 0 bridgehead atoms. The van der Waals surface area contributed by atoms with E-state index in [0.717, 1.165) is 11.0 Å². The largest absolute Gasteiger partial charge is 0.452 e. The summed E-state index contributed by atoms with van der Waals surface area (Å²) in [5.74, 6) is 1.33. The smallest absolute Gasteiger partial charge is 0.240 e. The average molecular weight is 216 g/mol. The van der Waals surface area contributed by atoms with Gasteiger partial charge in [0.25, 0.3) is 0 Å². The predicted octanol–water partition coefficient (Wildman–Crippen LogP) is 1.34. The van der Waals surface area contributed by atoms with Crippen LogP contribution in [0.5, 0.6) is 0 Å². The van der Waals surface area contributed by atoms with Crippen LogP contribution in [0.4, 0.5) is 0 Å². The molecule has 0 spiro atoms. The lowest BCUT2D eigenvalue weighted by Crippen LogP contribution is -1.95. The highest BCUT2D eigenvalue weighted by molar-refractivity contribution is 5.80. The van der Waals surface area contributed by atoms with Gasteiger partial charge in [-0.1, -0.05) is 5.16 Å². The number of aromatic nitrogens is 3. The minimum Gasteiger partial charge on any atom is -0.452 e. The quantitative estimate of drug-likeness (QED) is 0.694. The molecule has 0 aliphatic heterocycles. The van der Waals surface area contributed by atoms with Gasteiger partial charge in [-0.2, -0.15) is 4.98 Å². The first-order valence-corrected chi connectivity index (χ1v) is 4.73. The van der Waals surface area contributed by atoms with Crippen molar-refractivity contribution in [2.75, 3.05) is 0 Å². The summed E-state index contributed by atoms with van der Waals surface area (Å²) >= 11 is 0. The molecular formula is C10H8N4O2. The van der Waals surface area contributed by atoms with Gasteiger partial charge in [-0.05, 0) is 12.1 Å². The van der Waals surface area contributed by atoms with Crippen LogP contribution in [-0.4, -0.2) is 15.1 Å². The average Bonchev–Trinajstić information content (AvgIpc) is 2.95. The highest BCUT2D eigenvalue weighted by Gasteiger charge is 2.12. The van der Waals surface area contributed by atoms with Gasteiger partial charge in [-0.15, -0.1) is 0 Å². The first-order valence-electron chi connectivity index (χ1n) is 4.73. The van der Waals surface area contributed by atoms with Gasteiger partial charge in [0.1, 0.15) is 5.58 Å². The Morgan fingerprint density at radius 2 is 2.31 bits per heavy atom. The van der Waals surface area contributed by atoms with Gasteiger partial charge < -0.3 is 14.7 Å². The van der Waals surface area contributed by atoms with E-state index in [-0.39, 0.29) is 6.54 Å². The van der Waals surface area contributed by atoms with E-state index in [4.69, 9.17) is 14.7 Å². The molecule has 0 fully saturated rings. The number of hydrogen-bond donors (Lipinski definition) is 1. The zero-order valence-corrected chi connectivity index (χ0v) is 8.25. The molecule has 80 valence electrons. The fraction of sp³-hybridized carbons (Fsp3) is 0.100. The van der Waals surface area contributed by atoms with Crippen LogP contribution in [0.2, 0.25) is 0 Å². The van der Waals surface area contributed by atoms with E-state index < -0.39 is 0 Å². The van der Waals surface area contributed by atoms with Gasteiger partial charge in [0.05, 0.1) is 6.54 Å². The molecule has 6 nitrogen and oxygen atoms in total. The van der Waals surface area contributed by atoms with Crippen molar-refractivity contribution in [2.45, 2.75) is 6.54 Å². The minimum absolute atomic E-state index is 0.217. The molecule has 0 saturated heterocycles. The molecule has 3 aromatic heterocycles. The van der Waals surface area contributed by atoms with Crippen LogP contribution >= 0.6 is 0 Å². The second-order valence-electron chi connectivity index (χ2n) is 3.24. The Balaban J connectivity index is 2.11. The first kappa shape index (κ1) is 9.05. The van der Waals surface area contributed by atoms with E-state index in [9.17, 15) is 0 Å². The van der Waals surface area contributed by atoms with Gasteiger partial charge >= 0.3 is 0 Å². The van der Waals surface area contributed by atoms with Crippen molar-refractivity contribution >= 4 is 11.0 Å². The Bertz CT molecular complexity index is 595. The number of rotatable bonds is 2. The second kappa shape index (κ2) is 3.42. The van der Waals surface area contributed by atoms with Crippen LogP contribution < -0.4 is 5.73 Å².